The summed E-state index contributed by atoms with van der Waals surface area (Å²) in [5.74, 6) is -0.582. The second-order valence-corrected chi connectivity index (χ2v) is 10.3. The van der Waals surface area contributed by atoms with Crippen LogP contribution in [0, 0.1) is 0 Å². The second kappa shape index (κ2) is 8.03. The highest BCUT2D eigenvalue weighted by atomic mass is 35.5. The third-order valence-corrected chi connectivity index (χ3v) is 7.94. The van der Waals surface area contributed by atoms with Gasteiger partial charge in [-0.05, 0) is 19.8 Å². The Bertz CT molecular complexity index is 1130. The zero-order chi connectivity index (χ0) is 23.4. The number of aryl methyl sites for hydroxylation is 1. The number of aromatic nitrogens is 4. The minimum atomic E-state index is -4.72. The summed E-state index contributed by atoms with van der Waals surface area (Å²) in [4.78, 5) is 14.6. The molecule has 2 aliphatic rings. The summed E-state index contributed by atoms with van der Waals surface area (Å²) in [7, 11) is -2.13. The number of carbonyl (C=O) groups is 1. The van der Waals surface area contributed by atoms with Crippen molar-refractivity contribution in [3.63, 3.8) is 0 Å². The molecule has 3 heterocycles. The molecule has 1 aliphatic carbocycles. The first-order valence-corrected chi connectivity index (χ1v) is 11.9. The van der Waals surface area contributed by atoms with Crippen LogP contribution in [0.3, 0.4) is 0 Å². The Morgan fingerprint density at radius 3 is 2.34 bits per heavy atom. The molecule has 0 radical (unpaired) electrons. The van der Waals surface area contributed by atoms with Crippen LogP contribution < -0.4 is 0 Å². The molecular weight excluding hydrogens is 473 g/mol. The van der Waals surface area contributed by atoms with Crippen molar-refractivity contribution in [3.05, 3.63) is 28.8 Å². The van der Waals surface area contributed by atoms with Gasteiger partial charge in [0.1, 0.15) is 10.9 Å². The van der Waals surface area contributed by atoms with Gasteiger partial charge in [0.15, 0.2) is 5.69 Å². The Morgan fingerprint density at radius 2 is 1.84 bits per heavy atom. The van der Waals surface area contributed by atoms with E-state index in [0.29, 0.717) is 12.8 Å². The van der Waals surface area contributed by atoms with Gasteiger partial charge in [0.05, 0.1) is 16.9 Å². The van der Waals surface area contributed by atoms with Gasteiger partial charge in [-0.15, -0.1) is 0 Å². The zero-order valence-corrected chi connectivity index (χ0v) is 19.0. The van der Waals surface area contributed by atoms with E-state index in [2.05, 4.69) is 10.2 Å². The maximum Gasteiger partial charge on any atom is 0.436 e. The minimum absolute atomic E-state index is 0.0630. The van der Waals surface area contributed by atoms with Crippen molar-refractivity contribution in [3.8, 4) is 0 Å². The molecule has 1 saturated heterocycles. The van der Waals surface area contributed by atoms with Crippen LogP contribution in [-0.2, 0) is 28.0 Å². The average molecular weight is 495 g/mol. The number of halogens is 4. The van der Waals surface area contributed by atoms with E-state index >= 15 is 0 Å². The molecule has 14 heteroatoms. The molecule has 2 fully saturated rings. The molecule has 176 valence electrons. The first kappa shape index (κ1) is 23.1. The van der Waals surface area contributed by atoms with Gasteiger partial charge < -0.3 is 4.90 Å². The summed E-state index contributed by atoms with van der Waals surface area (Å²) >= 11 is 6.00. The van der Waals surface area contributed by atoms with Crippen LogP contribution in [-0.4, -0.2) is 69.3 Å². The topological polar surface area (TPSA) is 93.3 Å². The SMILES string of the molecule is CC(C(=O)N1CCN(S(=O)(=O)c2cnn(C)c2)CC1)n1nc(C(F)(F)F)c(Cl)c1C1CC1. The molecule has 2 aromatic heterocycles. The van der Waals surface area contributed by atoms with Crippen LogP contribution in [0.2, 0.25) is 5.02 Å². The molecule has 1 saturated carbocycles. The Hall–Kier alpha value is -2.12. The molecule has 2 aromatic rings. The van der Waals surface area contributed by atoms with Crippen LogP contribution in [0.25, 0.3) is 0 Å². The smallest absolute Gasteiger partial charge is 0.338 e. The molecule has 9 nitrogen and oxygen atoms in total. The Balaban J connectivity index is 1.49. The van der Waals surface area contributed by atoms with Crippen molar-refractivity contribution in [2.24, 2.45) is 7.05 Å². The Kier molecular flexibility index (Phi) is 5.78. The quantitative estimate of drug-likeness (QED) is 0.635. The van der Waals surface area contributed by atoms with Crippen LogP contribution in [0.4, 0.5) is 13.2 Å². The maximum absolute atomic E-state index is 13.3. The molecule has 0 bridgehead atoms. The van der Waals surface area contributed by atoms with Gasteiger partial charge in [-0.3, -0.25) is 14.2 Å². The molecule has 1 amide bonds. The normalized spacial score (nSPS) is 19.4. The highest BCUT2D eigenvalue weighted by Crippen LogP contribution is 2.47. The number of carbonyl (C=O) groups excluding carboxylic acids is 1. The molecule has 0 N–H and O–H groups in total. The summed E-state index contributed by atoms with van der Waals surface area (Å²) in [5.41, 5.74) is -0.953. The fraction of sp³-hybridized carbons (Fsp3) is 0.611. The van der Waals surface area contributed by atoms with Gasteiger partial charge in [-0.1, -0.05) is 11.6 Å². The number of piperazine rings is 1. The predicted octanol–water partition coefficient (Wildman–Crippen LogP) is 2.26. The lowest BCUT2D eigenvalue weighted by Gasteiger charge is -2.35. The van der Waals surface area contributed by atoms with E-state index in [9.17, 15) is 26.4 Å². The molecular formula is C18H22ClF3N6O3S. The molecule has 32 heavy (non-hydrogen) atoms. The van der Waals surface area contributed by atoms with Gasteiger partial charge in [-0.2, -0.15) is 27.7 Å². The number of hydrogen-bond acceptors (Lipinski definition) is 5. The second-order valence-electron chi connectivity index (χ2n) is 8.02. The zero-order valence-electron chi connectivity index (χ0n) is 17.4. The fourth-order valence-electron chi connectivity index (χ4n) is 3.83. The third kappa shape index (κ3) is 4.13. The van der Waals surface area contributed by atoms with Crippen molar-refractivity contribution in [2.75, 3.05) is 26.2 Å². The first-order valence-electron chi connectivity index (χ1n) is 10.0. The first-order chi connectivity index (χ1) is 14.9. The Morgan fingerprint density at radius 1 is 1.22 bits per heavy atom. The number of nitrogens with zero attached hydrogens (tertiary/aromatic N) is 6. The standard InChI is InChI=1S/C18H22ClF3N6O3S/c1-11(28-15(12-3-4-12)14(19)16(24-28)18(20,21)22)17(29)26-5-7-27(8-6-26)32(30,31)13-9-23-25(2)10-13/h9-12H,3-8H2,1-2H3. The van der Waals surface area contributed by atoms with Gasteiger partial charge in [-0.25, -0.2) is 8.42 Å². The lowest BCUT2D eigenvalue weighted by atomic mass is 10.2. The van der Waals surface area contributed by atoms with Gasteiger partial charge in [0.25, 0.3) is 0 Å². The van der Waals surface area contributed by atoms with E-state index in [1.807, 2.05) is 0 Å². The molecule has 4 rings (SSSR count). The lowest BCUT2D eigenvalue weighted by molar-refractivity contribution is -0.142. The summed E-state index contributed by atoms with van der Waals surface area (Å²) in [6, 6.07) is -0.999. The summed E-state index contributed by atoms with van der Waals surface area (Å²) in [6.45, 7) is 1.85. The van der Waals surface area contributed by atoms with Crippen molar-refractivity contribution in [1.82, 2.24) is 28.8 Å². The number of hydrogen-bond donors (Lipinski definition) is 0. The van der Waals surface area contributed by atoms with Crippen molar-refractivity contribution >= 4 is 27.5 Å². The lowest BCUT2D eigenvalue weighted by Crippen LogP contribution is -2.51. The fourth-order valence-corrected chi connectivity index (χ4v) is 5.62. The van der Waals surface area contributed by atoms with E-state index in [0.717, 1.165) is 4.68 Å². The average Bonchev–Trinajstić information content (AvgIpc) is 3.36. The van der Waals surface area contributed by atoms with Gasteiger partial charge in [0.2, 0.25) is 15.9 Å². The van der Waals surface area contributed by atoms with Crippen molar-refractivity contribution in [1.29, 1.82) is 0 Å². The number of sulfonamides is 1. The predicted molar refractivity (Wildman–Crippen MR) is 107 cm³/mol. The maximum atomic E-state index is 13.3. The highest BCUT2D eigenvalue weighted by Gasteiger charge is 2.44. The Labute approximate surface area is 187 Å². The van der Waals surface area contributed by atoms with Crippen LogP contribution in [0.1, 0.15) is 43.1 Å². The van der Waals surface area contributed by atoms with Crippen LogP contribution in [0.5, 0.6) is 0 Å². The molecule has 1 aliphatic heterocycles. The van der Waals surface area contributed by atoms with E-state index in [1.165, 1.54) is 33.2 Å². The van der Waals surface area contributed by atoms with Crippen molar-refractivity contribution < 1.29 is 26.4 Å². The molecule has 0 spiro atoms. The van der Waals surface area contributed by atoms with E-state index in [4.69, 9.17) is 11.6 Å². The number of rotatable bonds is 5. The van der Waals surface area contributed by atoms with E-state index in [-0.39, 0.29) is 42.7 Å². The van der Waals surface area contributed by atoms with Gasteiger partial charge >= 0.3 is 6.18 Å². The molecule has 1 unspecified atom stereocenters. The summed E-state index contributed by atoms with van der Waals surface area (Å²) in [5, 5.41) is 7.08. The summed E-state index contributed by atoms with van der Waals surface area (Å²) in [6.07, 6.45) is -0.688. The van der Waals surface area contributed by atoms with Gasteiger partial charge in [0, 0.05) is 45.3 Å². The minimum Gasteiger partial charge on any atom is -0.338 e. The van der Waals surface area contributed by atoms with Crippen molar-refractivity contribution in [2.45, 2.75) is 42.8 Å². The van der Waals surface area contributed by atoms with E-state index in [1.54, 1.807) is 7.05 Å². The van der Waals surface area contributed by atoms with E-state index < -0.39 is 38.9 Å². The molecule has 0 aromatic carbocycles. The summed E-state index contributed by atoms with van der Waals surface area (Å²) < 4.78 is 69.1. The number of amides is 1. The molecule has 1 atom stereocenters. The monoisotopic (exact) mass is 494 g/mol. The number of alkyl halides is 3. The third-order valence-electron chi connectivity index (χ3n) is 5.71. The highest BCUT2D eigenvalue weighted by molar-refractivity contribution is 7.89. The largest absolute Gasteiger partial charge is 0.436 e. The van der Waals surface area contributed by atoms with Crippen LogP contribution in [0.15, 0.2) is 17.3 Å². The van der Waals surface area contributed by atoms with Crippen LogP contribution >= 0.6 is 11.6 Å².